The minimum atomic E-state index is -2.89. The van der Waals surface area contributed by atoms with Crippen LogP contribution >= 0.6 is 0 Å². The SMILES string of the molecule is CC(CS(C)(=O)=O)NCc1ccc[nH]1. The van der Waals surface area contributed by atoms with Crippen molar-refractivity contribution in [3.63, 3.8) is 0 Å². The number of aromatic amines is 1. The zero-order chi connectivity index (χ0) is 10.6. The summed E-state index contributed by atoms with van der Waals surface area (Å²) in [5.74, 6) is 0.174. The van der Waals surface area contributed by atoms with Gasteiger partial charge in [0, 0.05) is 30.7 Å². The molecule has 0 spiro atoms. The molecule has 1 unspecified atom stereocenters. The molecule has 0 radical (unpaired) electrons. The monoisotopic (exact) mass is 216 g/mol. The number of hydrogen-bond donors (Lipinski definition) is 2. The van der Waals surface area contributed by atoms with Gasteiger partial charge >= 0.3 is 0 Å². The lowest BCUT2D eigenvalue weighted by Crippen LogP contribution is -2.32. The van der Waals surface area contributed by atoms with E-state index in [1.165, 1.54) is 6.26 Å². The summed E-state index contributed by atoms with van der Waals surface area (Å²) in [5, 5.41) is 3.13. The molecule has 1 rings (SSSR count). The van der Waals surface area contributed by atoms with E-state index in [4.69, 9.17) is 0 Å². The van der Waals surface area contributed by atoms with Gasteiger partial charge in [-0.15, -0.1) is 0 Å². The van der Waals surface area contributed by atoms with Crippen LogP contribution in [0.5, 0.6) is 0 Å². The van der Waals surface area contributed by atoms with Gasteiger partial charge in [-0.3, -0.25) is 0 Å². The normalized spacial score (nSPS) is 14.1. The third-order valence-electron chi connectivity index (χ3n) is 1.86. The van der Waals surface area contributed by atoms with Crippen LogP contribution in [0.15, 0.2) is 18.3 Å². The third kappa shape index (κ3) is 4.43. The lowest BCUT2D eigenvalue weighted by atomic mass is 10.3. The highest BCUT2D eigenvalue weighted by Crippen LogP contribution is 1.96. The van der Waals surface area contributed by atoms with Crippen molar-refractivity contribution in [3.05, 3.63) is 24.0 Å². The fourth-order valence-electron chi connectivity index (χ4n) is 1.27. The molecule has 1 heterocycles. The van der Waals surface area contributed by atoms with Gasteiger partial charge in [-0.2, -0.15) is 0 Å². The standard InChI is InChI=1S/C9H16N2O2S/c1-8(7-14(2,12)13)11-6-9-4-3-5-10-9/h3-5,8,10-11H,6-7H2,1-2H3. The largest absolute Gasteiger partial charge is 0.364 e. The highest BCUT2D eigenvalue weighted by molar-refractivity contribution is 7.90. The lowest BCUT2D eigenvalue weighted by molar-refractivity contribution is 0.557. The highest BCUT2D eigenvalue weighted by Gasteiger charge is 2.09. The van der Waals surface area contributed by atoms with E-state index in [2.05, 4.69) is 10.3 Å². The summed E-state index contributed by atoms with van der Waals surface area (Å²) in [6.07, 6.45) is 3.10. The van der Waals surface area contributed by atoms with Crippen LogP contribution in [-0.2, 0) is 16.4 Å². The fourth-order valence-corrected chi connectivity index (χ4v) is 2.30. The van der Waals surface area contributed by atoms with Crippen molar-refractivity contribution in [2.75, 3.05) is 12.0 Å². The Morgan fingerprint density at radius 3 is 2.79 bits per heavy atom. The minimum absolute atomic E-state index is 0.0201. The van der Waals surface area contributed by atoms with E-state index >= 15 is 0 Å². The highest BCUT2D eigenvalue weighted by atomic mass is 32.2. The molecule has 14 heavy (non-hydrogen) atoms. The molecular formula is C9H16N2O2S. The summed E-state index contributed by atoms with van der Waals surface area (Å²) in [6.45, 7) is 2.54. The van der Waals surface area contributed by atoms with Gasteiger partial charge in [0.15, 0.2) is 0 Å². The smallest absolute Gasteiger partial charge is 0.148 e. The van der Waals surface area contributed by atoms with Crippen LogP contribution in [0.25, 0.3) is 0 Å². The van der Waals surface area contributed by atoms with Crippen LogP contribution in [0.1, 0.15) is 12.6 Å². The van der Waals surface area contributed by atoms with E-state index in [0.717, 1.165) is 5.69 Å². The lowest BCUT2D eigenvalue weighted by Gasteiger charge is -2.11. The number of H-pyrrole nitrogens is 1. The molecule has 0 bridgehead atoms. The van der Waals surface area contributed by atoms with Gasteiger partial charge in [0.25, 0.3) is 0 Å². The molecule has 1 aromatic rings. The Balaban J connectivity index is 2.32. The second-order valence-electron chi connectivity index (χ2n) is 3.57. The van der Waals surface area contributed by atoms with E-state index in [1.54, 1.807) is 0 Å². The Hall–Kier alpha value is -0.810. The molecule has 1 atom stereocenters. The first-order chi connectivity index (χ1) is 6.47. The third-order valence-corrected chi connectivity index (χ3v) is 2.96. The van der Waals surface area contributed by atoms with E-state index in [-0.39, 0.29) is 11.8 Å². The van der Waals surface area contributed by atoms with Gasteiger partial charge in [-0.25, -0.2) is 8.42 Å². The van der Waals surface area contributed by atoms with Gasteiger partial charge in [0.05, 0.1) is 5.75 Å². The van der Waals surface area contributed by atoms with Crippen molar-refractivity contribution in [2.45, 2.75) is 19.5 Å². The van der Waals surface area contributed by atoms with Crippen LogP contribution < -0.4 is 5.32 Å². The van der Waals surface area contributed by atoms with Crippen LogP contribution in [0, 0.1) is 0 Å². The Kier molecular flexibility index (Phi) is 3.71. The summed E-state index contributed by atoms with van der Waals surface area (Å²) in [6, 6.07) is 3.85. The predicted octanol–water partition coefficient (Wildman–Crippen LogP) is 0.537. The Morgan fingerprint density at radius 1 is 1.57 bits per heavy atom. The predicted molar refractivity (Wildman–Crippen MR) is 56.8 cm³/mol. The van der Waals surface area contributed by atoms with Crippen molar-refractivity contribution in [2.24, 2.45) is 0 Å². The Morgan fingerprint density at radius 2 is 2.29 bits per heavy atom. The quantitative estimate of drug-likeness (QED) is 0.755. The van der Waals surface area contributed by atoms with Crippen molar-refractivity contribution in [3.8, 4) is 0 Å². The molecule has 0 aliphatic rings. The Bertz CT molecular complexity index is 356. The maximum atomic E-state index is 11.0. The Labute approximate surface area is 84.6 Å². The number of hydrogen-bond acceptors (Lipinski definition) is 3. The zero-order valence-corrected chi connectivity index (χ0v) is 9.26. The number of rotatable bonds is 5. The molecule has 2 N–H and O–H groups in total. The summed E-state index contributed by atoms with van der Waals surface area (Å²) >= 11 is 0. The zero-order valence-electron chi connectivity index (χ0n) is 8.45. The first kappa shape index (κ1) is 11.3. The van der Waals surface area contributed by atoms with Crippen LogP contribution in [0.3, 0.4) is 0 Å². The second kappa shape index (κ2) is 4.61. The van der Waals surface area contributed by atoms with E-state index in [0.29, 0.717) is 6.54 Å². The molecule has 0 aliphatic heterocycles. The average Bonchev–Trinajstić information content (AvgIpc) is 2.49. The van der Waals surface area contributed by atoms with E-state index in [9.17, 15) is 8.42 Å². The molecule has 0 fully saturated rings. The summed E-state index contributed by atoms with van der Waals surface area (Å²) in [4.78, 5) is 3.04. The molecule has 1 aromatic heterocycles. The molecule has 80 valence electrons. The van der Waals surface area contributed by atoms with E-state index in [1.807, 2.05) is 25.3 Å². The molecule has 0 saturated carbocycles. The summed E-state index contributed by atoms with van der Waals surface area (Å²) in [5.41, 5.74) is 1.06. The fraction of sp³-hybridized carbons (Fsp3) is 0.556. The van der Waals surface area contributed by atoms with Gasteiger partial charge in [-0.05, 0) is 19.1 Å². The van der Waals surface area contributed by atoms with Crippen LogP contribution in [-0.4, -0.2) is 31.5 Å². The number of sulfone groups is 1. The molecule has 4 nitrogen and oxygen atoms in total. The number of nitrogens with one attached hydrogen (secondary N) is 2. The van der Waals surface area contributed by atoms with Crippen LogP contribution in [0.4, 0.5) is 0 Å². The van der Waals surface area contributed by atoms with Crippen molar-refractivity contribution >= 4 is 9.84 Å². The van der Waals surface area contributed by atoms with Gasteiger partial charge in [-0.1, -0.05) is 0 Å². The molecule has 0 saturated heterocycles. The first-order valence-electron chi connectivity index (χ1n) is 4.51. The van der Waals surface area contributed by atoms with Crippen molar-refractivity contribution in [1.29, 1.82) is 0 Å². The molecule has 0 aliphatic carbocycles. The minimum Gasteiger partial charge on any atom is -0.364 e. The maximum Gasteiger partial charge on any atom is 0.148 e. The number of aromatic nitrogens is 1. The van der Waals surface area contributed by atoms with E-state index < -0.39 is 9.84 Å². The summed E-state index contributed by atoms with van der Waals surface area (Å²) in [7, 11) is -2.89. The molecular weight excluding hydrogens is 200 g/mol. The van der Waals surface area contributed by atoms with Crippen molar-refractivity contribution in [1.82, 2.24) is 10.3 Å². The van der Waals surface area contributed by atoms with Gasteiger partial charge in [0.2, 0.25) is 0 Å². The topological polar surface area (TPSA) is 62.0 Å². The summed E-state index contributed by atoms with van der Waals surface area (Å²) < 4.78 is 21.9. The average molecular weight is 216 g/mol. The molecule has 5 heteroatoms. The maximum absolute atomic E-state index is 11.0. The molecule has 0 amide bonds. The first-order valence-corrected chi connectivity index (χ1v) is 6.57. The second-order valence-corrected chi connectivity index (χ2v) is 5.75. The van der Waals surface area contributed by atoms with Crippen molar-refractivity contribution < 1.29 is 8.42 Å². The molecule has 0 aromatic carbocycles. The van der Waals surface area contributed by atoms with Gasteiger partial charge < -0.3 is 10.3 Å². The van der Waals surface area contributed by atoms with Gasteiger partial charge in [0.1, 0.15) is 9.84 Å². The van der Waals surface area contributed by atoms with Crippen LogP contribution in [0.2, 0.25) is 0 Å².